The summed E-state index contributed by atoms with van der Waals surface area (Å²) >= 11 is 0. The van der Waals surface area contributed by atoms with Gasteiger partial charge in [0.15, 0.2) is 0 Å². The van der Waals surface area contributed by atoms with E-state index in [0.717, 1.165) is 18.3 Å². The number of nitrogens with one attached hydrogen (secondary N) is 1. The molecule has 1 fully saturated rings. The summed E-state index contributed by atoms with van der Waals surface area (Å²) in [5, 5.41) is 12.8. The molecule has 0 aromatic heterocycles. The van der Waals surface area contributed by atoms with E-state index in [4.69, 9.17) is 5.11 Å². The molecule has 2 rings (SSSR count). The van der Waals surface area contributed by atoms with Crippen molar-refractivity contribution < 1.29 is 9.90 Å². The van der Waals surface area contributed by atoms with E-state index in [1.165, 1.54) is 31.2 Å². The fraction of sp³-hybridized carbons (Fsp3) is 0.650. The molecule has 1 aliphatic carbocycles. The van der Waals surface area contributed by atoms with Gasteiger partial charge in [0, 0.05) is 18.5 Å². The lowest BCUT2D eigenvalue weighted by molar-refractivity contribution is -0.137. The van der Waals surface area contributed by atoms with E-state index < -0.39 is 5.97 Å². The van der Waals surface area contributed by atoms with Crippen LogP contribution >= 0.6 is 0 Å². The molecule has 2 N–H and O–H groups in total. The van der Waals surface area contributed by atoms with Crippen LogP contribution in [0.3, 0.4) is 0 Å². The molecule has 1 aromatic carbocycles. The van der Waals surface area contributed by atoms with E-state index in [0.29, 0.717) is 12.5 Å². The van der Waals surface area contributed by atoms with Gasteiger partial charge >= 0.3 is 5.97 Å². The molecule has 3 nitrogen and oxygen atoms in total. The van der Waals surface area contributed by atoms with Crippen LogP contribution in [0.1, 0.15) is 57.9 Å². The Balaban J connectivity index is 1.88. The standard InChI is InChI=1S/C20H31NO2/c1-15(2)17-8-10-18(11-9-17)21-19(12-13-20(22)23)14-16-6-4-3-5-7-16/h3-7,15,17-19,21H,8-14H2,1-2H3,(H,22,23). The first-order valence-electron chi connectivity index (χ1n) is 9.06. The van der Waals surface area contributed by atoms with Crippen molar-refractivity contribution in [1.29, 1.82) is 0 Å². The van der Waals surface area contributed by atoms with Gasteiger partial charge in [-0.2, -0.15) is 0 Å². The molecule has 0 aliphatic heterocycles. The Morgan fingerprint density at radius 2 is 1.83 bits per heavy atom. The molecule has 1 saturated carbocycles. The summed E-state index contributed by atoms with van der Waals surface area (Å²) in [5.41, 5.74) is 1.28. The molecular formula is C20H31NO2. The predicted molar refractivity (Wildman–Crippen MR) is 94.5 cm³/mol. The zero-order chi connectivity index (χ0) is 16.7. The van der Waals surface area contributed by atoms with E-state index >= 15 is 0 Å². The quantitative estimate of drug-likeness (QED) is 0.753. The van der Waals surface area contributed by atoms with Crippen molar-refractivity contribution in [1.82, 2.24) is 5.32 Å². The van der Waals surface area contributed by atoms with Gasteiger partial charge in [0.05, 0.1) is 0 Å². The Hall–Kier alpha value is -1.35. The second-order valence-corrected chi connectivity index (χ2v) is 7.34. The van der Waals surface area contributed by atoms with Gasteiger partial charge in [-0.05, 0) is 55.9 Å². The molecule has 1 atom stereocenters. The van der Waals surface area contributed by atoms with Crippen molar-refractivity contribution in [3.63, 3.8) is 0 Å². The Kier molecular flexibility index (Phi) is 7.10. The molecule has 0 amide bonds. The summed E-state index contributed by atoms with van der Waals surface area (Å²) in [6.45, 7) is 4.65. The zero-order valence-corrected chi connectivity index (χ0v) is 14.5. The van der Waals surface area contributed by atoms with Crippen molar-refractivity contribution in [3.05, 3.63) is 35.9 Å². The monoisotopic (exact) mass is 317 g/mol. The number of carbonyl (C=O) groups is 1. The smallest absolute Gasteiger partial charge is 0.303 e. The molecule has 3 heteroatoms. The molecule has 0 radical (unpaired) electrons. The topological polar surface area (TPSA) is 49.3 Å². The highest BCUT2D eigenvalue weighted by Crippen LogP contribution is 2.30. The van der Waals surface area contributed by atoms with Crippen LogP contribution in [0.5, 0.6) is 0 Å². The first-order valence-corrected chi connectivity index (χ1v) is 9.06. The predicted octanol–water partition coefficient (Wildman–Crippen LogP) is 4.27. The normalized spacial score (nSPS) is 22.9. The number of benzene rings is 1. The summed E-state index contributed by atoms with van der Waals surface area (Å²) < 4.78 is 0. The van der Waals surface area contributed by atoms with Crippen LogP contribution in [0, 0.1) is 11.8 Å². The molecule has 128 valence electrons. The van der Waals surface area contributed by atoms with E-state index in [1.807, 2.05) is 6.07 Å². The minimum Gasteiger partial charge on any atom is -0.481 e. The van der Waals surface area contributed by atoms with Crippen molar-refractivity contribution in [3.8, 4) is 0 Å². The van der Waals surface area contributed by atoms with Crippen molar-refractivity contribution >= 4 is 5.97 Å². The fourth-order valence-corrected chi connectivity index (χ4v) is 3.73. The van der Waals surface area contributed by atoms with Gasteiger partial charge in [-0.1, -0.05) is 44.2 Å². The second-order valence-electron chi connectivity index (χ2n) is 7.34. The SMILES string of the molecule is CC(C)C1CCC(NC(CCC(=O)O)Cc2ccccc2)CC1. The third-order valence-corrected chi connectivity index (χ3v) is 5.22. The lowest BCUT2D eigenvalue weighted by Crippen LogP contribution is -2.42. The van der Waals surface area contributed by atoms with E-state index in [1.54, 1.807) is 0 Å². The largest absolute Gasteiger partial charge is 0.481 e. The molecule has 23 heavy (non-hydrogen) atoms. The summed E-state index contributed by atoms with van der Waals surface area (Å²) in [4.78, 5) is 10.9. The molecule has 1 aromatic rings. The van der Waals surface area contributed by atoms with Gasteiger partial charge in [-0.15, -0.1) is 0 Å². The highest BCUT2D eigenvalue weighted by atomic mass is 16.4. The number of carboxylic acid groups (broad SMARTS) is 1. The van der Waals surface area contributed by atoms with Crippen LogP contribution in [-0.2, 0) is 11.2 Å². The molecule has 1 unspecified atom stereocenters. The third kappa shape index (κ3) is 6.34. The molecule has 0 saturated heterocycles. The van der Waals surface area contributed by atoms with Crippen molar-refractivity contribution in [2.45, 2.75) is 70.9 Å². The maximum atomic E-state index is 10.9. The maximum absolute atomic E-state index is 10.9. The van der Waals surface area contributed by atoms with Gasteiger partial charge in [-0.3, -0.25) is 4.79 Å². The van der Waals surface area contributed by atoms with Gasteiger partial charge in [-0.25, -0.2) is 0 Å². The number of rotatable bonds is 8. The van der Waals surface area contributed by atoms with Crippen molar-refractivity contribution in [2.75, 3.05) is 0 Å². The third-order valence-electron chi connectivity index (χ3n) is 5.22. The number of carboxylic acids is 1. The average Bonchev–Trinajstić information content (AvgIpc) is 2.54. The highest BCUT2D eigenvalue weighted by Gasteiger charge is 2.25. The molecule has 0 spiro atoms. The molecule has 0 bridgehead atoms. The van der Waals surface area contributed by atoms with Crippen LogP contribution in [0.2, 0.25) is 0 Å². The molecule has 0 heterocycles. The van der Waals surface area contributed by atoms with Crippen LogP contribution in [0.25, 0.3) is 0 Å². The van der Waals surface area contributed by atoms with Crippen LogP contribution in [0.4, 0.5) is 0 Å². The van der Waals surface area contributed by atoms with Gasteiger partial charge in [0.1, 0.15) is 0 Å². The van der Waals surface area contributed by atoms with E-state index in [9.17, 15) is 4.79 Å². The highest BCUT2D eigenvalue weighted by molar-refractivity contribution is 5.66. The number of aliphatic carboxylic acids is 1. The van der Waals surface area contributed by atoms with Crippen LogP contribution in [0.15, 0.2) is 30.3 Å². The number of hydrogen-bond donors (Lipinski definition) is 2. The summed E-state index contributed by atoms with van der Waals surface area (Å²) in [6.07, 6.45) is 6.90. The van der Waals surface area contributed by atoms with Gasteiger partial charge < -0.3 is 10.4 Å². The average molecular weight is 317 g/mol. The minimum atomic E-state index is -0.701. The second kappa shape index (κ2) is 9.07. The van der Waals surface area contributed by atoms with Crippen molar-refractivity contribution in [2.24, 2.45) is 11.8 Å². The summed E-state index contributed by atoms with van der Waals surface area (Å²) in [7, 11) is 0. The lowest BCUT2D eigenvalue weighted by atomic mass is 9.79. The van der Waals surface area contributed by atoms with Gasteiger partial charge in [0.25, 0.3) is 0 Å². The van der Waals surface area contributed by atoms with E-state index in [2.05, 4.69) is 43.4 Å². The Morgan fingerprint density at radius 3 is 2.39 bits per heavy atom. The molecular weight excluding hydrogens is 286 g/mol. The first-order chi connectivity index (χ1) is 11.0. The Bertz CT molecular complexity index is 464. The Morgan fingerprint density at radius 1 is 1.17 bits per heavy atom. The minimum absolute atomic E-state index is 0.242. The Labute approximate surface area is 140 Å². The summed E-state index contributed by atoms with van der Waals surface area (Å²) in [6, 6.07) is 11.2. The summed E-state index contributed by atoms with van der Waals surface area (Å²) in [5.74, 6) is 0.941. The van der Waals surface area contributed by atoms with Gasteiger partial charge in [0.2, 0.25) is 0 Å². The van der Waals surface area contributed by atoms with E-state index in [-0.39, 0.29) is 12.5 Å². The maximum Gasteiger partial charge on any atom is 0.303 e. The fourth-order valence-electron chi connectivity index (χ4n) is 3.73. The molecule has 1 aliphatic rings. The first kappa shape index (κ1) is 18.0. The lowest BCUT2D eigenvalue weighted by Gasteiger charge is -2.34. The van der Waals surface area contributed by atoms with Crippen LogP contribution in [-0.4, -0.2) is 23.2 Å². The number of hydrogen-bond acceptors (Lipinski definition) is 2. The van der Waals surface area contributed by atoms with Crippen LogP contribution < -0.4 is 5.32 Å². The zero-order valence-electron chi connectivity index (χ0n) is 14.5.